The molecular formula is C13H9BrFN3O2S. The maximum absolute atomic E-state index is 13.5. The van der Waals surface area contributed by atoms with Gasteiger partial charge in [-0.15, -0.1) is 0 Å². The molecule has 0 aliphatic heterocycles. The number of imidazole rings is 1. The Kier molecular flexibility index (Phi) is 3.42. The quantitative estimate of drug-likeness (QED) is 0.743. The van der Waals surface area contributed by atoms with Gasteiger partial charge in [-0.1, -0.05) is 12.1 Å². The van der Waals surface area contributed by atoms with Crippen LogP contribution in [-0.4, -0.2) is 18.4 Å². The second-order valence-corrected chi connectivity index (χ2v) is 6.82. The maximum Gasteiger partial charge on any atom is 0.264 e. The Morgan fingerprint density at radius 2 is 1.95 bits per heavy atom. The fourth-order valence-corrected chi connectivity index (χ4v) is 3.05. The summed E-state index contributed by atoms with van der Waals surface area (Å²) in [6.07, 6.45) is 0. The van der Waals surface area contributed by atoms with E-state index in [2.05, 4.69) is 30.6 Å². The van der Waals surface area contributed by atoms with Crippen LogP contribution in [0.4, 0.5) is 10.3 Å². The zero-order valence-corrected chi connectivity index (χ0v) is 12.9. The molecule has 3 aromatic rings. The van der Waals surface area contributed by atoms with E-state index in [-0.39, 0.29) is 15.3 Å². The molecule has 0 fully saturated rings. The highest BCUT2D eigenvalue weighted by molar-refractivity contribution is 9.10. The number of hydrogen-bond donors (Lipinski definition) is 2. The molecular weight excluding hydrogens is 361 g/mol. The van der Waals surface area contributed by atoms with Crippen LogP contribution >= 0.6 is 15.9 Å². The number of para-hydroxylation sites is 2. The number of rotatable bonds is 3. The second kappa shape index (κ2) is 5.12. The maximum atomic E-state index is 13.5. The van der Waals surface area contributed by atoms with E-state index in [9.17, 15) is 12.8 Å². The van der Waals surface area contributed by atoms with Gasteiger partial charge in [0.25, 0.3) is 10.0 Å². The van der Waals surface area contributed by atoms with E-state index in [4.69, 9.17) is 0 Å². The summed E-state index contributed by atoms with van der Waals surface area (Å²) in [6, 6.07) is 10.7. The Hall–Kier alpha value is -1.93. The minimum atomic E-state index is -3.90. The van der Waals surface area contributed by atoms with Crippen molar-refractivity contribution in [2.45, 2.75) is 4.90 Å². The second-order valence-electron chi connectivity index (χ2n) is 4.28. The molecule has 0 bridgehead atoms. The summed E-state index contributed by atoms with van der Waals surface area (Å²) in [5.74, 6) is -0.568. The summed E-state index contributed by atoms with van der Waals surface area (Å²) in [6.45, 7) is 0. The van der Waals surface area contributed by atoms with Gasteiger partial charge in [0.05, 0.1) is 20.4 Å². The molecule has 1 heterocycles. The van der Waals surface area contributed by atoms with Gasteiger partial charge in [-0.25, -0.2) is 22.5 Å². The Morgan fingerprint density at radius 3 is 2.67 bits per heavy atom. The number of hydrogen-bond acceptors (Lipinski definition) is 3. The molecule has 0 spiro atoms. The van der Waals surface area contributed by atoms with E-state index < -0.39 is 15.8 Å². The molecule has 0 saturated carbocycles. The average molecular weight is 370 g/mol. The number of aromatic nitrogens is 2. The highest BCUT2D eigenvalue weighted by Gasteiger charge is 2.17. The molecule has 5 nitrogen and oxygen atoms in total. The third-order valence-electron chi connectivity index (χ3n) is 2.82. The molecule has 2 N–H and O–H groups in total. The third kappa shape index (κ3) is 2.77. The lowest BCUT2D eigenvalue weighted by Gasteiger charge is -2.05. The molecule has 3 rings (SSSR count). The van der Waals surface area contributed by atoms with E-state index >= 15 is 0 Å². The number of aromatic amines is 1. The normalized spacial score (nSPS) is 11.7. The first kappa shape index (κ1) is 14.0. The van der Waals surface area contributed by atoms with E-state index in [0.717, 1.165) is 6.07 Å². The first-order valence-corrected chi connectivity index (χ1v) is 8.16. The summed E-state index contributed by atoms with van der Waals surface area (Å²) in [5.41, 5.74) is 1.34. The Morgan fingerprint density at radius 1 is 1.19 bits per heavy atom. The number of fused-ring (bicyclic) bond motifs is 1. The first-order valence-electron chi connectivity index (χ1n) is 5.88. The zero-order valence-electron chi connectivity index (χ0n) is 10.5. The summed E-state index contributed by atoms with van der Waals surface area (Å²) < 4.78 is 40.3. The van der Waals surface area contributed by atoms with E-state index in [1.54, 1.807) is 18.2 Å². The molecule has 0 unspecified atom stereocenters. The topological polar surface area (TPSA) is 74.8 Å². The van der Waals surface area contributed by atoms with Gasteiger partial charge in [0.15, 0.2) is 0 Å². The van der Waals surface area contributed by atoms with Gasteiger partial charge < -0.3 is 4.98 Å². The molecule has 0 aliphatic rings. The van der Waals surface area contributed by atoms with Crippen LogP contribution in [-0.2, 0) is 10.0 Å². The predicted molar refractivity (Wildman–Crippen MR) is 81.0 cm³/mol. The van der Waals surface area contributed by atoms with Gasteiger partial charge in [-0.3, -0.25) is 0 Å². The van der Waals surface area contributed by atoms with E-state index in [1.807, 2.05) is 6.07 Å². The summed E-state index contributed by atoms with van der Waals surface area (Å²) in [4.78, 5) is 6.78. The monoisotopic (exact) mass is 369 g/mol. The molecule has 21 heavy (non-hydrogen) atoms. The third-order valence-corrected chi connectivity index (χ3v) is 4.80. The van der Waals surface area contributed by atoms with Gasteiger partial charge >= 0.3 is 0 Å². The van der Waals surface area contributed by atoms with Gasteiger partial charge in [-0.2, -0.15) is 0 Å². The number of nitrogens with zero attached hydrogens (tertiary/aromatic N) is 1. The largest absolute Gasteiger partial charge is 0.323 e. The van der Waals surface area contributed by atoms with Crippen molar-refractivity contribution in [2.24, 2.45) is 0 Å². The Balaban J connectivity index is 1.96. The number of halogens is 2. The zero-order chi connectivity index (χ0) is 15.0. The van der Waals surface area contributed by atoms with Crippen LogP contribution in [0.1, 0.15) is 0 Å². The van der Waals surface area contributed by atoms with E-state index in [1.165, 1.54) is 12.1 Å². The van der Waals surface area contributed by atoms with Crippen molar-refractivity contribution >= 4 is 42.9 Å². The number of sulfonamides is 1. The highest BCUT2D eigenvalue weighted by atomic mass is 79.9. The van der Waals surface area contributed by atoms with Crippen LogP contribution in [0.5, 0.6) is 0 Å². The molecule has 0 aliphatic carbocycles. The van der Waals surface area contributed by atoms with Crippen LogP contribution in [0.2, 0.25) is 0 Å². The first-order chi connectivity index (χ1) is 9.95. The molecule has 0 amide bonds. The van der Waals surface area contributed by atoms with Crippen molar-refractivity contribution in [3.63, 3.8) is 0 Å². The van der Waals surface area contributed by atoms with Crippen LogP contribution in [0.15, 0.2) is 51.8 Å². The summed E-state index contributed by atoms with van der Waals surface area (Å²) >= 11 is 2.98. The number of benzene rings is 2. The van der Waals surface area contributed by atoms with Crippen molar-refractivity contribution in [1.29, 1.82) is 0 Å². The molecule has 0 atom stereocenters. The lowest BCUT2D eigenvalue weighted by Crippen LogP contribution is -2.14. The minimum Gasteiger partial charge on any atom is -0.323 e. The molecule has 1 aromatic heterocycles. The summed E-state index contributed by atoms with van der Waals surface area (Å²) in [7, 11) is -3.90. The molecule has 2 aromatic carbocycles. The standard InChI is InChI=1S/C13H9BrFN3O2S/c14-9-6-5-8(7-10(9)15)21(19,20)18-13-16-11-3-1-2-4-12(11)17-13/h1-7H,(H2,16,17,18). The average Bonchev–Trinajstić information content (AvgIpc) is 2.82. The van der Waals surface area contributed by atoms with Gasteiger partial charge in [-0.05, 0) is 46.3 Å². The number of H-pyrrole nitrogens is 1. The lowest BCUT2D eigenvalue weighted by atomic mass is 10.3. The van der Waals surface area contributed by atoms with Gasteiger partial charge in [0.1, 0.15) is 5.82 Å². The predicted octanol–water partition coefficient (Wildman–Crippen LogP) is 3.27. The number of anilines is 1. The van der Waals surface area contributed by atoms with Crippen molar-refractivity contribution < 1.29 is 12.8 Å². The fourth-order valence-electron chi connectivity index (χ4n) is 1.83. The van der Waals surface area contributed by atoms with Crippen LogP contribution in [0.25, 0.3) is 11.0 Å². The highest BCUT2D eigenvalue weighted by Crippen LogP contribution is 2.21. The van der Waals surface area contributed by atoms with Crippen molar-refractivity contribution in [3.8, 4) is 0 Å². The Labute approximate surface area is 128 Å². The van der Waals surface area contributed by atoms with Gasteiger partial charge in [0.2, 0.25) is 5.95 Å². The van der Waals surface area contributed by atoms with Gasteiger partial charge in [0, 0.05) is 0 Å². The van der Waals surface area contributed by atoms with Crippen LogP contribution < -0.4 is 4.72 Å². The van der Waals surface area contributed by atoms with E-state index in [0.29, 0.717) is 11.0 Å². The van der Waals surface area contributed by atoms with Crippen LogP contribution in [0.3, 0.4) is 0 Å². The lowest BCUT2D eigenvalue weighted by molar-refractivity contribution is 0.593. The molecule has 0 radical (unpaired) electrons. The molecule has 108 valence electrons. The fraction of sp³-hybridized carbons (Fsp3) is 0. The van der Waals surface area contributed by atoms with Crippen molar-refractivity contribution in [3.05, 3.63) is 52.8 Å². The van der Waals surface area contributed by atoms with Crippen molar-refractivity contribution in [2.75, 3.05) is 4.72 Å². The minimum absolute atomic E-state index is 0.0829. The van der Waals surface area contributed by atoms with Crippen molar-refractivity contribution in [1.82, 2.24) is 9.97 Å². The van der Waals surface area contributed by atoms with Crippen LogP contribution in [0, 0.1) is 5.82 Å². The Bertz CT molecular complexity index is 891. The summed E-state index contributed by atoms with van der Waals surface area (Å²) in [5, 5.41) is 0. The molecule has 0 saturated heterocycles. The number of nitrogens with one attached hydrogen (secondary N) is 2. The SMILES string of the molecule is O=S(=O)(Nc1nc2ccccc2[nH]1)c1ccc(Br)c(F)c1. The molecule has 8 heteroatoms. The smallest absolute Gasteiger partial charge is 0.264 e.